The van der Waals surface area contributed by atoms with E-state index in [1.807, 2.05) is 24.3 Å². The Hall–Kier alpha value is -2.67. The van der Waals surface area contributed by atoms with Gasteiger partial charge in [0.05, 0.1) is 17.9 Å². The van der Waals surface area contributed by atoms with Gasteiger partial charge in [-0.25, -0.2) is 4.39 Å². The van der Waals surface area contributed by atoms with Crippen molar-refractivity contribution in [2.24, 2.45) is 5.10 Å². The van der Waals surface area contributed by atoms with Crippen LogP contribution in [-0.4, -0.2) is 32.9 Å². The predicted octanol–water partition coefficient (Wildman–Crippen LogP) is 4.62. The number of hydrogen-bond acceptors (Lipinski definition) is 5. The van der Waals surface area contributed by atoms with Crippen LogP contribution < -0.4 is 4.74 Å². The van der Waals surface area contributed by atoms with Gasteiger partial charge in [0.1, 0.15) is 11.6 Å². The highest BCUT2D eigenvalue weighted by atomic mass is 32.2. The molecule has 0 fully saturated rings. The quantitative estimate of drug-likeness (QED) is 0.584. The number of ether oxygens (including phenoxy) is 1. The topological polar surface area (TPSA) is 52.3 Å². The van der Waals surface area contributed by atoms with Crippen LogP contribution in [0.25, 0.3) is 11.4 Å². The van der Waals surface area contributed by atoms with Crippen LogP contribution in [0.5, 0.6) is 5.75 Å². The SMILES string of the molecule is CCCCOc1ccccc1-c1nnc2n1N=C(c1ccc(F)cc1)CS2. The van der Waals surface area contributed by atoms with Crippen molar-refractivity contribution in [3.63, 3.8) is 0 Å². The summed E-state index contributed by atoms with van der Waals surface area (Å²) < 4.78 is 20.9. The summed E-state index contributed by atoms with van der Waals surface area (Å²) in [6, 6.07) is 14.2. The van der Waals surface area contributed by atoms with Crippen molar-refractivity contribution in [3.05, 3.63) is 59.9 Å². The van der Waals surface area contributed by atoms with E-state index in [1.54, 1.807) is 28.6 Å². The van der Waals surface area contributed by atoms with Crippen LogP contribution in [0.3, 0.4) is 0 Å². The zero-order chi connectivity index (χ0) is 18.6. The number of para-hydroxylation sites is 1. The smallest absolute Gasteiger partial charge is 0.212 e. The third kappa shape index (κ3) is 3.73. The van der Waals surface area contributed by atoms with Crippen LogP contribution in [0.4, 0.5) is 4.39 Å². The Morgan fingerprint density at radius 1 is 1.11 bits per heavy atom. The minimum absolute atomic E-state index is 0.258. The fraction of sp³-hybridized carbons (Fsp3) is 0.250. The molecule has 3 aromatic rings. The maximum Gasteiger partial charge on any atom is 0.212 e. The summed E-state index contributed by atoms with van der Waals surface area (Å²) in [5.74, 6) is 1.82. The zero-order valence-electron chi connectivity index (χ0n) is 14.9. The molecule has 0 amide bonds. The number of nitrogens with zero attached hydrogens (tertiary/aromatic N) is 4. The minimum atomic E-state index is -0.258. The summed E-state index contributed by atoms with van der Waals surface area (Å²) >= 11 is 1.56. The maximum atomic E-state index is 13.2. The summed E-state index contributed by atoms with van der Waals surface area (Å²) in [7, 11) is 0. The van der Waals surface area contributed by atoms with E-state index in [1.165, 1.54) is 12.1 Å². The number of benzene rings is 2. The Labute approximate surface area is 161 Å². The fourth-order valence-electron chi connectivity index (χ4n) is 2.78. The van der Waals surface area contributed by atoms with E-state index in [4.69, 9.17) is 9.84 Å². The van der Waals surface area contributed by atoms with E-state index in [2.05, 4.69) is 17.1 Å². The normalized spacial score (nSPS) is 13.2. The van der Waals surface area contributed by atoms with Crippen LogP contribution in [0.2, 0.25) is 0 Å². The number of unbranched alkanes of at least 4 members (excludes halogenated alkanes) is 1. The van der Waals surface area contributed by atoms with E-state index < -0.39 is 0 Å². The molecule has 0 N–H and O–H groups in total. The average Bonchev–Trinajstić information content (AvgIpc) is 3.12. The van der Waals surface area contributed by atoms with Crippen LogP contribution in [0, 0.1) is 5.82 Å². The summed E-state index contributed by atoms with van der Waals surface area (Å²) in [6.07, 6.45) is 2.07. The van der Waals surface area contributed by atoms with Crippen molar-refractivity contribution < 1.29 is 9.13 Å². The van der Waals surface area contributed by atoms with Gasteiger partial charge in [0.15, 0.2) is 5.82 Å². The zero-order valence-corrected chi connectivity index (χ0v) is 15.7. The molecule has 138 valence electrons. The van der Waals surface area contributed by atoms with Crippen molar-refractivity contribution in [1.82, 2.24) is 14.9 Å². The van der Waals surface area contributed by atoms with Crippen molar-refractivity contribution >= 4 is 17.5 Å². The molecule has 0 bridgehead atoms. The Balaban J connectivity index is 1.71. The lowest BCUT2D eigenvalue weighted by Gasteiger charge is -2.15. The molecule has 0 spiro atoms. The van der Waals surface area contributed by atoms with Crippen molar-refractivity contribution in [3.8, 4) is 17.1 Å². The average molecular weight is 382 g/mol. The van der Waals surface area contributed by atoms with Gasteiger partial charge in [-0.1, -0.05) is 49.4 Å². The fourth-order valence-corrected chi connectivity index (χ4v) is 3.62. The number of thioether (sulfide) groups is 1. The Morgan fingerprint density at radius 3 is 2.74 bits per heavy atom. The van der Waals surface area contributed by atoms with Gasteiger partial charge in [0.2, 0.25) is 5.16 Å². The van der Waals surface area contributed by atoms with Crippen molar-refractivity contribution in [1.29, 1.82) is 0 Å². The molecule has 27 heavy (non-hydrogen) atoms. The molecule has 7 heteroatoms. The second-order valence-electron chi connectivity index (χ2n) is 6.16. The number of halogens is 1. The van der Waals surface area contributed by atoms with Gasteiger partial charge in [-0.2, -0.15) is 9.78 Å². The van der Waals surface area contributed by atoms with E-state index in [9.17, 15) is 4.39 Å². The molecule has 5 nitrogen and oxygen atoms in total. The Bertz CT molecular complexity index is 968. The maximum absolute atomic E-state index is 13.2. The van der Waals surface area contributed by atoms with Crippen molar-refractivity contribution in [2.75, 3.05) is 12.4 Å². The lowest BCUT2D eigenvalue weighted by Crippen LogP contribution is -2.14. The third-order valence-electron chi connectivity index (χ3n) is 4.23. The summed E-state index contributed by atoms with van der Waals surface area (Å²) in [5.41, 5.74) is 2.61. The molecule has 0 unspecified atom stereocenters. The highest BCUT2D eigenvalue weighted by Crippen LogP contribution is 2.33. The van der Waals surface area contributed by atoms with E-state index in [0.29, 0.717) is 18.2 Å². The second kappa shape index (κ2) is 7.92. The molecule has 1 aromatic heterocycles. The van der Waals surface area contributed by atoms with E-state index >= 15 is 0 Å². The summed E-state index contributed by atoms with van der Waals surface area (Å²) in [6.45, 7) is 2.79. The molecule has 2 heterocycles. The van der Waals surface area contributed by atoms with Gasteiger partial charge >= 0.3 is 0 Å². The first-order chi connectivity index (χ1) is 13.3. The van der Waals surface area contributed by atoms with Crippen LogP contribution in [0.15, 0.2) is 58.8 Å². The molecule has 2 aromatic carbocycles. The number of aromatic nitrogens is 3. The number of hydrogen-bond donors (Lipinski definition) is 0. The highest BCUT2D eigenvalue weighted by molar-refractivity contribution is 7.99. The molecule has 1 aliphatic heterocycles. The highest BCUT2D eigenvalue weighted by Gasteiger charge is 2.22. The molecule has 4 rings (SSSR count). The Morgan fingerprint density at radius 2 is 1.93 bits per heavy atom. The van der Waals surface area contributed by atoms with E-state index in [-0.39, 0.29) is 5.82 Å². The van der Waals surface area contributed by atoms with Crippen LogP contribution in [-0.2, 0) is 0 Å². The summed E-state index contributed by atoms with van der Waals surface area (Å²) in [4.78, 5) is 0. The summed E-state index contributed by atoms with van der Waals surface area (Å²) in [5, 5.41) is 14.1. The van der Waals surface area contributed by atoms with Gasteiger partial charge in [-0.05, 0) is 36.2 Å². The first kappa shape index (κ1) is 17.7. The molecule has 0 saturated heterocycles. The molecule has 0 saturated carbocycles. The van der Waals surface area contributed by atoms with Crippen LogP contribution >= 0.6 is 11.8 Å². The van der Waals surface area contributed by atoms with Gasteiger partial charge in [-0.3, -0.25) is 0 Å². The Kier molecular flexibility index (Phi) is 5.20. The molecule has 0 atom stereocenters. The minimum Gasteiger partial charge on any atom is -0.493 e. The number of fused-ring (bicyclic) bond motifs is 1. The monoisotopic (exact) mass is 382 g/mol. The molecular weight excluding hydrogens is 363 g/mol. The van der Waals surface area contributed by atoms with Gasteiger partial charge < -0.3 is 4.74 Å². The first-order valence-corrected chi connectivity index (χ1v) is 9.89. The largest absolute Gasteiger partial charge is 0.493 e. The molecular formula is C20H19FN4OS. The second-order valence-corrected chi connectivity index (χ2v) is 7.10. The number of rotatable bonds is 6. The lowest BCUT2D eigenvalue weighted by atomic mass is 10.1. The standard InChI is InChI=1S/C20H19FN4OS/c1-2-3-12-26-18-7-5-4-6-16(18)19-22-23-20-25(19)24-17(13-27-20)14-8-10-15(21)11-9-14/h4-11H,2-3,12-13H2,1H3. The van der Waals surface area contributed by atoms with E-state index in [0.717, 1.165) is 40.6 Å². The van der Waals surface area contributed by atoms with Gasteiger partial charge in [0.25, 0.3) is 0 Å². The lowest BCUT2D eigenvalue weighted by molar-refractivity contribution is 0.310. The molecule has 0 radical (unpaired) electrons. The predicted molar refractivity (Wildman–Crippen MR) is 105 cm³/mol. The molecule has 1 aliphatic rings. The third-order valence-corrected chi connectivity index (χ3v) is 5.16. The molecule has 0 aliphatic carbocycles. The first-order valence-electron chi connectivity index (χ1n) is 8.90. The van der Waals surface area contributed by atoms with Gasteiger partial charge in [0, 0.05) is 5.75 Å². The van der Waals surface area contributed by atoms with Gasteiger partial charge in [-0.15, -0.1) is 10.2 Å². The van der Waals surface area contributed by atoms with Crippen LogP contribution in [0.1, 0.15) is 25.3 Å². The van der Waals surface area contributed by atoms with Crippen molar-refractivity contribution in [2.45, 2.75) is 24.9 Å².